The van der Waals surface area contributed by atoms with Crippen LogP contribution >= 0.6 is 0 Å². The van der Waals surface area contributed by atoms with Gasteiger partial charge in [-0.3, -0.25) is 0 Å². The van der Waals surface area contributed by atoms with Gasteiger partial charge in [0.1, 0.15) is 22.5 Å². The number of hydrogen-bond donors (Lipinski definition) is 1. The van der Waals surface area contributed by atoms with E-state index >= 15 is 0 Å². The molecule has 2 aromatic carbocycles. The first-order valence-electron chi connectivity index (χ1n) is 13.9. The SMILES string of the molecule is CCCCCCCCCCCCc1cc(CCCCCC)cc(-n2nc3ccccc3n2)c1O. The lowest BCUT2D eigenvalue weighted by molar-refractivity contribution is 0.458. The van der Waals surface area contributed by atoms with Crippen LogP contribution < -0.4 is 0 Å². The normalized spacial score (nSPS) is 11.5. The Labute approximate surface area is 206 Å². The summed E-state index contributed by atoms with van der Waals surface area (Å²) >= 11 is 0. The van der Waals surface area contributed by atoms with Gasteiger partial charge in [0, 0.05) is 0 Å². The Morgan fingerprint density at radius 3 is 1.74 bits per heavy atom. The quantitative estimate of drug-likeness (QED) is 0.204. The first kappa shape index (κ1) is 26.2. The highest BCUT2D eigenvalue weighted by atomic mass is 16.3. The third kappa shape index (κ3) is 8.14. The van der Waals surface area contributed by atoms with Gasteiger partial charge in [0.2, 0.25) is 0 Å². The van der Waals surface area contributed by atoms with Crippen molar-refractivity contribution in [2.24, 2.45) is 0 Å². The lowest BCUT2D eigenvalue weighted by Crippen LogP contribution is -2.03. The van der Waals surface area contributed by atoms with Gasteiger partial charge in [-0.1, -0.05) is 109 Å². The fraction of sp³-hybridized carbons (Fsp3) is 0.600. The summed E-state index contributed by atoms with van der Waals surface area (Å²) in [6, 6.07) is 12.2. The highest BCUT2D eigenvalue weighted by molar-refractivity contribution is 5.73. The van der Waals surface area contributed by atoms with Crippen LogP contribution in [0.15, 0.2) is 36.4 Å². The van der Waals surface area contributed by atoms with Gasteiger partial charge in [-0.05, 0) is 55.0 Å². The van der Waals surface area contributed by atoms with Crippen molar-refractivity contribution >= 4 is 11.0 Å². The van der Waals surface area contributed by atoms with Crippen molar-refractivity contribution < 1.29 is 5.11 Å². The Morgan fingerprint density at radius 2 is 1.15 bits per heavy atom. The molecule has 0 aliphatic heterocycles. The van der Waals surface area contributed by atoms with E-state index in [0.717, 1.165) is 35.9 Å². The molecule has 0 aliphatic rings. The molecule has 34 heavy (non-hydrogen) atoms. The predicted molar refractivity (Wildman–Crippen MR) is 144 cm³/mol. The van der Waals surface area contributed by atoms with Crippen LogP contribution in [0.3, 0.4) is 0 Å². The van der Waals surface area contributed by atoms with Gasteiger partial charge in [0.25, 0.3) is 0 Å². The van der Waals surface area contributed by atoms with Gasteiger partial charge in [-0.25, -0.2) is 0 Å². The summed E-state index contributed by atoms with van der Waals surface area (Å²) in [5, 5.41) is 20.4. The highest BCUT2D eigenvalue weighted by Gasteiger charge is 2.14. The van der Waals surface area contributed by atoms with E-state index in [-0.39, 0.29) is 0 Å². The molecule has 0 saturated heterocycles. The molecule has 4 nitrogen and oxygen atoms in total. The van der Waals surface area contributed by atoms with E-state index in [9.17, 15) is 5.11 Å². The van der Waals surface area contributed by atoms with Gasteiger partial charge in [-0.15, -0.1) is 15.0 Å². The fourth-order valence-corrected chi connectivity index (χ4v) is 4.76. The van der Waals surface area contributed by atoms with Crippen molar-refractivity contribution in [2.75, 3.05) is 0 Å². The number of rotatable bonds is 17. The van der Waals surface area contributed by atoms with Crippen molar-refractivity contribution in [3.63, 3.8) is 0 Å². The maximum Gasteiger partial charge on any atom is 0.146 e. The van der Waals surface area contributed by atoms with E-state index in [1.165, 1.54) is 89.0 Å². The molecule has 0 fully saturated rings. The third-order valence-electron chi connectivity index (χ3n) is 6.85. The van der Waals surface area contributed by atoms with Gasteiger partial charge < -0.3 is 5.11 Å². The zero-order valence-electron chi connectivity index (χ0n) is 21.6. The van der Waals surface area contributed by atoms with E-state index in [4.69, 9.17) is 0 Å². The molecule has 0 spiro atoms. The largest absolute Gasteiger partial charge is 0.505 e. The van der Waals surface area contributed by atoms with Crippen molar-refractivity contribution in [3.8, 4) is 11.4 Å². The van der Waals surface area contributed by atoms with Crippen molar-refractivity contribution in [2.45, 2.75) is 117 Å². The van der Waals surface area contributed by atoms with Gasteiger partial charge in [-0.2, -0.15) is 0 Å². The Hall–Kier alpha value is -2.36. The lowest BCUT2D eigenvalue weighted by atomic mass is 9.98. The number of aromatic hydroxyl groups is 1. The van der Waals surface area contributed by atoms with Crippen molar-refractivity contribution in [1.82, 2.24) is 15.0 Å². The van der Waals surface area contributed by atoms with E-state index in [2.05, 4.69) is 36.2 Å². The fourth-order valence-electron chi connectivity index (χ4n) is 4.76. The lowest BCUT2D eigenvalue weighted by Gasteiger charge is -2.13. The smallest absolute Gasteiger partial charge is 0.146 e. The molecule has 0 saturated carbocycles. The Balaban J connectivity index is 1.61. The minimum atomic E-state index is 0.341. The van der Waals surface area contributed by atoms with Crippen molar-refractivity contribution in [3.05, 3.63) is 47.5 Å². The van der Waals surface area contributed by atoms with E-state index in [1.807, 2.05) is 24.3 Å². The van der Waals surface area contributed by atoms with Crippen molar-refractivity contribution in [1.29, 1.82) is 0 Å². The number of phenols is 1. The molecule has 0 atom stereocenters. The summed E-state index contributed by atoms with van der Waals surface area (Å²) in [4.78, 5) is 1.62. The average molecular weight is 464 g/mol. The second-order valence-corrected chi connectivity index (χ2v) is 9.84. The molecule has 3 aromatic rings. The molecule has 0 amide bonds. The van der Waals surface area contributed by atoms with Gasteiger partial charge >= 0.3 is 0 Å². The van der Waals surface area contributed by atoms with Crippen LogP contribution in [-0.4, -0.2) is 20.1 Å². The molecule has 0 bridgehead atoms. The second-order valence-electron chi connectivity index (χ2n) is 9.84. The van der Waals surface area contributed by atoms with Gasteiger partial charge in [0.05, 0.1) is 0 Å². The second kappa shape index (κ2) is 14.8. The Bertz CT molecular complexity index is 945. The minimum absolute atomic E-state index is 0.341. The number of phenolic OH excluding ortho intramolecular Hbond substituents is 1. The van der Waals surface area contributed by atoms with Gasteiger partial charge in [0.15, 0.2) is 0 Å². The zero-order valence-corrected chi connectivity index (χ0v) is 21.6. The molecule has 1 aromatic heterocycles. The molecular weight excluding hydrogens is 418 g/mol. The molecule has 0 aliphatic carbocycles. The number of benzene rings is 2. The summed E-state index contributed by atoms with van der Waals surface area (Å²) in [7, 11) is 0. The number of unbranched alkanes of at least 4 members (excludes halogenated alkanes) is 12. The minimum Gasteiger partial charge on any atom is -0.505 e. The van der Waals surface area contributed by atoms with Crippen LogP contribution in [0.1, 0.15) is 115 Å². The summed E-state index contributed by atoms with van der Waals surface area (Å²) in [6.45, 7) is 4.52. The maximum atomic E-state index is 11.1. The van der Waals surface area contributed by atoms with Crippen LogP contribution in [0.25, 0.3) is 16.7 Å². The molecule has 4 heteroatoms. The Kier molecular flexibility index (Phi) is 11.4. The molecule has 186 valence electrons. The molecule has 3 rings (SSSR count). The maximum absolute atomic E-state index is 11.1. The summed E-state index contributed by atoms with van der Waals surface area (Å²) in [6.07, 6.45) is 20.2. The topological polar surface area (TPSA) is 50.9 Å². The number of nitrogens with zero attached hydrogens (tertiary/aromatic N) is 3. The summed E-state index contributed by atoms with van der Waals surface area (Å²) in [5.74, 6) is 0.341. The molecule has 0 unspecified atom stereocenters. The monoisotopic (exact) mass is 463 g/mol. The molecule has 0 radical (unpaired) electrons. The highest BCUT2D eigenvalue weighted by Crippen LogP contribution is 2.30. The first-order valence-corrected chi connectivity index (χ1v) is 13.9. The van der Waals surface area contributed by atoms with Crippen LogP contribution in [0.2, 0.25) is 0 Å². The average Bonchev–Trinajstić information content (AvgIpc) is 3.28. The zero-order chi connectivity index (χ0) is 24.0. The van der Waals surface area contributed by atoms with Crippen LogP contribution in [0.5, 0.6) is 5.75 Å². The number of aryl methyl sites for hydroxylation is 2. The summed E-state index contributed by atoms with van der Waals surface area (Å²) < 4.78 is 0. The first-order chi connectivity index (χ1) is 16.7. The Morgan fingerprint density at radius 1 is 0.647 bits per heavy atom. The van der Waals surface area contributed by atoms with Crippen LogP contribution in [0.4, 0.5) is 0 Å². The van der Waals surface area contributed by atoms with E-state index in [0.29, 0.717) is 11.4 Å². The molecule has 1 N–H and O–H groups in total. The number of fused-ring (bicyclic) bond motifs is 1. The molecule has 1 heterocycles. The number of hydrogen-bond acceptors (Lipinski definition) is 3. The molecular formula is C30H45N3O. The van der Waals surface area contributed by atoms with E-state index < -0.39 is 0 Å². The predicted octanol–water partition coefficient (Wildman–Crippen LogP) is 8.71. The summed E-state index contributed by atoms with van der Waals surface area (Å²) in [5.41, 5.74) is 4.75. The third-order valence-corrected chi connectivity index (χ3v) is 6.85. The van der Waals surface area contributed by atoms with Crippen LogP contribution in [-0.2, 0) is 12.8 Å². The van der Waals surface area contributed by atoms with E-state index in [1.54, 1.807) is 4.80 Å². The van der Waals surface area contributed by atoms with Crippen LogP contribution in [0, 0.1) is 0 Å². The number of aromatic nitrogens is 3. The standard InChI is InChI=1S/C30H45N3O/c1-3-5-7-9-10-11-12-13-14-16-20-26-23-25(19-15-8-6-4-2)24-29(30(26)34)33-31-27-21-17-18-22-28(27)32-33/h17-18,21-24,34H,3-16,19-20H2,1-2H3.